The maximum absolute atomic E-state index is 12.2. The number of hydrogen-bond acceptors (Lipinski definition) is 5. The normalized spacial score (nSPS) is 10.6. The monoisotopic (exact) mass is 491 g/mol. The molecule has 6 nitrogen and oxygen atoms in total. The van der Waals surface area contributed by atoms with Crippen LogP contribution in [0.25, 0.3) is 0 Å². The number of rotatable bonds is 7. The Morgan fingerprint density at radius 3 is 1.96 bits per heavy atom. The highest BCUT2D eigenvalue weighted by molar-refractivity contribution is 9.10. The molecule has 0 aliphatic carbocycles. The summed E-state index contributed by atoms with van der Waals surface area (Å²) in [7, 11) is 0. The first-order valence-electron chi connectivity index (χ1n) is 8.52. The summed E-state index contributed by atoms with van der Waals surface area (Å²) in [6, 6.07) is 16.0. The van der Waals surface area contributed by atoms with Crippen LogP contribution in [0.1, 0.15) is 29.3 Å². The third kappa shape index (κ3) is 5.40. The van der Waals surface area contributed by atoms with Gasteiger partial charge in [-0.05, 0) is 35.4 Å². The standard InChI is InChI=1S/C19H19Br2N5O/c1-2-17(27)26-19(23-12-14-5-9-16(21)10-6-14)24-18(25-26)22-11-13-3-7-15(20)8-4-13/h3-10H,2,11-12H2,1H3,(H2,22,23,24,25). The fraction of sp³-hybridized carbons (Fsp3) is 0.211. The number of nitrogens with one attached hydrogen (secondary N) is 2. The second-order valence-electron chi connectivity index (χ2n) is 5.88. The van der Waals surface area contributed by atoms with Crippen LogP contribution < -0.4 is 10.6 Å². The molecule has 27 heavy (non-hydrogen) atoms. The van der Waals surface area contributed by atoms with E-state index in [1.807, 2.05) is 48.5 Å². The molecule has 1 aromatic heterocycles. The first-order chi connectivity index (χ1) is 13.0. The fourth-order valence-corrected chi connectivity index (χ4v) is 2.92. The van der Waals surface area contributed by atoms with Crippen LogP contribution in [-0.2, 0) is 13.1 Å². The van der Waals surface area contributed by atoms with Gasteiger partial charge in [-0.2, -0.15) is 9.67 Å². The van der Waals surface area contributed by atoms with E-state index >= 15 is 0 Å². The predicted molar refractivity (Wildman–Crippen MR) is 114 cm³/mol. The van der Waals surface area contributed by atoms with Crippen molar-refractivity contribution in [3.63, 3.8) is 0 Å². The summed E-state index contributed by atoms with van der Waals surface area (Å²) in [5.41, 5.74) is 2.18. The highest BCUT2D eigenvalue weighted by atomic mass is 79.9. The van der Waals surface area contributed by atoms with Crippen molar-refractivity contribution in [3.05, 3.63) is 68.6 Å². The van der Waals surface area contributed by atoms with Crippen LogP contribution in [0.2, 0.25) is 0 Å². The van der Waals surface area contributed by atoms with Gasteiger partial charge in [0, 0.05) is 28.5 Å². The molecule has 3 rings (SSSR count). The highest BCUT2D eigenvalue weighted by Crippen LogP contribution is 2.15. The molecule has 0 aliphatic rings. The summed E-state index contributed by atoms with van der Waals surface area (Å²) >= 11 is 6.84. The molecule has 140 valence electrons. The molecule has 0 unspecified atom stereocenters. The Kier molecular flexibility index (Phi) is 6.63. The molecular formula is C19H19Br2N5O. The highest BCUT2D eigenvalue weighted by Gasteiger charge is 2.14. The van der Waals surface area contributed by atoms with Gasteiger partial charge in [0.1, 0.15) is 0 Å². The molecular weight excluding hydrogens is 474 g/mol. The van der Waals surface area contributed by atoms with Crippen molar-refractivity contribution in [2.45, 2.75) is 26.4 Å². The van der Waals surface area contributed by atoms with Gasteiger partial charge in [0.25, 0.3) is 0 Å². The summed E-state index contributed by atoms with van der Waals surface area (Å²) in [6.07, 6.45) is 0.350. The molecule has 0 amide bonds. The van der Waals surface area contributed by atoms with Crippen molar-refractivity contribution in [2.75, 3.05) is 10.6 Å². The Bertz CT molecular complexity index is 907. The zero-order chi connectivity index (χ0) is 19.2. The fourth-order valence-electron chi connectivity index (χ4n) is 2.39. The van der Waals surface area contributed by atoms with Crippen LogP contribution in [-0.4, -0.2) is 20.7 Å². The van der Waals surface area contributed by atoms with Gasteiger partial charge in [0.05, 0.1) is 0 Å². The number of carbonyl (C=O) groups excluding carboxylic acids is 1. The van der Waals surface area contributed by atoms with Gasteiger partial charge in [-0.3, -0.25) is 4.79 Å². The van der Waals surface area contributed by atoms with Crippen LogP contribution in [0.5, 0.6) is 0 Å². The van der Waals surface area contributed by atoms with E-state index in [0.717, 1.165) is 20.1 Å². The first-order valence-corrected chi connectivity index (χ1v) is 10.1. The van der Waals surface area contributed by atoms with Crippen molar-refractivity contribution in [1.29, 1.82) is 0 Å². The van der Waals surface area contributed by atoms with Gasteiger partial charge in [0.2, 0.25) is 17.8 Å². The van der Waals surface area contributed by atoms with Gasteiger partial charge in [-0.25, -0.2) is 0 Å². The summed E-state index contributed by atoms with van der Waals surface area (Å²) in [6.45, 7) is 2.93. The lowest BCUT2D eigenvalue weighted by molar-refractivity contribution is 0.0895. The Morgan fingerprint density at radius 1 is 0.926 bits per heavy atom. The first kappa shape index (κ1) is 19.6. The van der Waals surface area contributed by atoms with Crippen molar-refractivity contribution in [1.82, 2.24) is 14.8 Å². The molecule has 0 aliphatic heterocycles. The molecule has 0 bridgehead atoms. The molecule has 0 spiro atoms. The van der Waals surface area contributed by atoms with E-state index < -0.39 is 0 Å². The Hall–Kier alpha value is -2.19. The number of hydrogen-bond donors (Lipinski definition) is 2. The summed E-state index contributed by atoms with van der Waals surface area (Å²) in [5, 5.41) is 10.7. The number of benzene rings is 2. The lowest BCUT2D eigenvalue weighted by Gasteiger charge is -2.06. The predicted octanol–water partition coefficient (Wildman–Crippen LogP) is 5.08. The quantitative estimate of drug-likeness (QED) is 0.481. The average Bonchev–Trinajstić information content (AvgIpc) is 3.10. The average molecular weight is 493 g/mol. The van der Waals surface area contributed by atoms with Crippen LogP contribution in [0, 0.1) is 0 Å². The molecule has 0 atom stereocenters. The van der Waals surface area contributed by atoms with Gasteiger partial charge in [-0.1, -0.05) is 63.0 Å². The number of aromatic nitrogens is 3. The van der Waals surface area contributed by atoms with Crippen LogP contribution in [0.15, 0.2) is 57.5 Å². The molecule has 3 aromatic rings. The SMILES string of the molecule is CCC(=O)n1nc(NCc2ccc(Br)cc2)nc1NCc1ccc(Br)cc1. The third-order valence-electron chi connectivity index (χ3n) is 3.87. The lowest BCUT2D eigenvalue weighted by atomic mass is 10.2. The Balaban J connectivity index is 1.70. The second-order valence-corrected chi connectivity index (χ2v) is 7.71. The molecule has 0 saturated carbocycles. The van der Waals surface area contributed by atoms with Crippen LogP contribution in [0.4, 0.5) is 11.9 Å². The third-order valence-corrected chi connectivity index (χ3v) is 4.93. The molecule has 2 N–H and O–H groups in total. The minimum Gasteiger partial charge on any atom is -0.350 e. The zero-order valence-corrected chi connectivity index (χ0v) is 17.9. The molecule has 0 fully saturated rings. The molecule has 0 radical (unpaired) electrons. The van der Waals surface area contributed by atoms with E-state index in [9.17, 15) is 4.79 Å². The zero-order valence-electron chi connectivity index (χ0n) is 14.7. The minimum atomic E-state index is -0.113. The van der Waals surface area contributed by atoms with E-state index in [0.29, 0.717) is 31.4 Å². The maximum Gasteiger partial charge on any atom is 0.249 e. The number of halogens is 2. The van der Waals surface area contributed by atoms with Gasteiger partial charge in [-0.15, -0.1) is 5.10 Å². The number of carbonyl (C=O) groups is 1. The Labute approximate surface area is 174 Å². The minimum absolute atomic E-state index is 0.113. The summed E-state index contributed by atoms with van der Waals surface area (Å²) in [5.74, 6) is 0.735. The summed E-state index contributed by atoms with van der Waals surface area (Å²) in [4.78, 5) is 16.6. The second kappa shape index (κ2) is 9.14. The maximum atomic E-state index is 12.2. The number of nitrogens with zero attached hydrogens (tertiary/aromatic N) is 3. The van der Waals surface area contributed by atoms with Crippen molar-refractivity contribution in [3.8, 4) is 0 Å². The van der Waals surface area contributed by atoms with E-state index in [1.165, 1.54) is 4.68 Å². The van der Waals surface area contributed by atoms with Gasteiger partial charge < -0.3 is 10.6 Å². The van der Waals surface area contributed by atoms with E-state index in [2.05, 4.69) is 52.6 Å². The summed E-state index contributed by atoms with van der Waals surface area (Å²) < 4.78 is 3.37. The van der Waals surface area contributed by atoms with Gasteiger partial charge >= 0.3 is 0 Å². The Morgan fingerprint density at radius 2 is 1.44 bits per heavy atom. The van der Waals surface area contributed by atoms with Crippen molar-refractivity contribution < 1.29 is 4.79 Å². The lowest BCUT2D eigenvalue weighted by Crippen LogP contribution is -2.15. The van der Waals surface area contributed by atoms with Crippen LogP contribution in [0.3, 0.4) is 0 Å². The molecule has 0 saturated heterocycles. The number of anilines is 2. The van der Waals surface area contributed by atoms with E-state index in [-0.39, 0.29) is 5.91 Å². The smallest absolute Gasteiger partial charge is 0.249 e. The topological polar surface area (TPSA) is 71.8 Å². The van der Waals surface area contributed by atoms with Gasteiger partial charge in [0.15, 0.2) is 0 Å². The largest absolute Gasteiger partial charge is 0.350 e. The molecule has 8 heteroatoms. The molecule has 1 heterocycles. The van der Waals surface area contributed by atoms with Crippen LogP contribution >= 0.6 is 31.9 Å². The molecule has 2 aromatic carbocycles. The van der Waals surface area contributed by atoms with E-state index in [4.69, 9.17) is 0 Å². The van der Waals surface area contributed by atoms with E-state index in [1.54, 1.807) is 6.92 Å². The van der Waals surface area contributed by atoms with Crippen molar-refractivity contribution >= 4 is 49.7 Å². The van der Waals surface area contributed by atoms with Crippen molar-refractivity contribution in [2.24, 2.45) is 0 Å².